The van der Waals surface area contributed by atoms with Crippen molar-refractivity contribution in [2.75, 3.05) is 23.7 Å². The van der Waals surface area contributed by atoms with Gasteiger partial charge in [-0.15, -0.1) is 0 Å². The van der Waals surface area contributed by atoms with Gasteiger partial charge in [0.05, 0.1) is 10.7 Å². The molecule has 0 radical (unpaired) electrons. The zero-order chi connectivity index (χ0) is 15.4. The van der Waals surface area contributed by atoms with Crippen LogP contribution in [0.15, 0.2) is 18.2 Å². The van der Waals surface area contributed by atoms with E-state index in [2.05, 4.69) is 29.4 Å². The Bertz CT molecular complexity index is 496. The molecule has 4 nitrogen and oxygen atoms in total. The van der Waals surface area contributed by atoms with E-state index < -0.39 is 0 Å². The van der Waals surface area contributed by atoms with E-state index in [1.54, 1.807) is 0 Å². The molecule has 1 aliphatic rings. The van der Waals surface area contributed by atoms with Gasteiger partial charge < -0.3 is 15.5 Å². The standard InChI is InChI=1S/C16H24ClN3O/c1-11(2)20-8-6-13(7-9-20)19-14-4-5-16(15(17)10-14)18-12(3)21/h4-5,10-11,13,19H,6-9H2,1-3H3,(H,18,21). The van der Waals surface area contributed by atoms with Crippen molar-refractivity contribution in [2.24, 2.45) is 0 Å². The van der Waals surface area contributed by atoms with E-state index in [0.29, 0.717) is 22.8 Å². The average molecular weight is 310 g/mol. The monoisotopic (exact) mass is 309 g/mol. The molecule has 0 spiro atoms. The Balaban J connectivity index is 1.92. The fourth-order valence-electron chi connectivity index (χ4n) is 2.69. The third-order valence-electron chi connectivity index (χ3n) is 3.91. The summed E-state index contributed by atoms with van der Waals surface area (Å²) in [4.78, 5) is 13.6. The normalized spacial score (nSPS) is 17.0. The van der Waals surface area contributed by atoms with Crippen molar-refractivity contribution >= 4 is 28.9 Å². The third-order valence-corrected chi connectivity index (χ3v) is 4.22. The highest BCUT2D eigenvalue weighted by Gasteiger charge is 2.20. The van der Waals surface area contributed by atoms with Gasteiger partial charge in [0.25, 0.3) is 0 Å². The van der Waals surface area contributed by atoms with Gasteiger partial charge in [-0.3, -0.25) is 4.79 Å². The number of rotatable bonds is 4. The Morgan fingerprint density at radius 2 is 2.00 bits per heavy atom. The van der Waals surface area contributed by atoms with Crippen LogP contribution >= 0.6 is 11.6 Å². The van der Waals surface area contributed by atoms with E-state index in [1.807, 2.05) is 18.2 Å². The predicted molar refractivity (Wildman–Crippen MR) is 89.1 cm³/mol. The molecule has 0 atom stereocenters. The van der Waals surface area contributed by atoms with Gasteiger partial charge in [0.1, 0.15) is 0 Å². The molecule has 1 aromatic rings. The molecule has 21 heavy (non-hydrogen) atoms. The number of carbonyl (C=O) groups excluding carboxylic acids is 1. The molecule has 1 amide bonds. The number of halogens is 1. The molecule has 1 heterocycles. The Hall–Kier alpha value is -1.26. The highest BCUT2D eigenvalue weighted by molar-refractivity contribution is 6.34. The number of piperidine rings is 1. The summed E-state index contributed by atoms with van der Waals surface area (Å²) in [5.74, 6) is -0.112. The van der Waals surface area contributed by atoms with Crippen molar-refractivity contribution in [2.45, 2.75) is 45.7 Å². The van der Waals surface area contributed by atoms with Crippen LogP contribution in [-0.4, -0.2) is 36.0 Å². The van der Waals surface area contributed by atoms with Gasteiger partial charge in [0, 0.05) is 37.8 Å². The Morgan fingerprint density at radius 3 is 2.52 bits per heavy atom. The fourth-order valence-corrected chi connectivity index (χ4v) is 2.92. The van der Waals surface area contributed by atoms with Gasteiger partial charge in [-0.2, -0.15) is 0 Å². The summed E-state index contributed by atoms with van der Waals surface area (Å²) in [7, 11) is 0. The highest BCUT2D eigenvalue weighted by Crippen LogP contribution is 2.27. The van der Waals surface area contributed by atoms with Crippen LogP contribution < -0.4 is 10.6 Å². The van der Waals surface area contributed by atoms with E-state index in [-0.39, 0.29) is 5.91 Å². The molecule has 1 aromatic carbocycles. The second-order valence-corrected chi connectivity index (χ2v) is 6.33. The predicted octanol–water partition coefficient (Wildman–Crippen LogP) is 3.58. The summed E-state index contributed by atoms with van der Waals surface area (Å²) in [5, 5.41) is 6.82. The van der Waals surface area contributed by atoms with Gasteiger partial charge in [-0.05, 0) is 44.9 Å². The molecule has 0 aliphatic carbocycles. The lowest BCUT2D eigenvalue weighted by Crippen LogP contribution is -2.42. The summed E-state index contributed by atoms with van der Waals surface area (Å²) in [6.07, 6.45) is 2.28. The van der Waals surface area contributed by atoms with Crippen LogP contribution in [0.25, 0.3) is 0 Å². The number of carbonyl (C=O) groups is 1. The minimum absolute atomic E-state index is 0.112. The average Bonchev–Trinajstić information content (AvgIpc) is 2.42. The van der Waals surface area contributed by atoms with Gasteiger partial charge in [0.2, 0.25) is 5.91 Å². The molecule has 1 fully saturated rings. The molecule has 0 aromatic heterocycles. The Kier molecular flexibility index (Phi) is 5.48. The minimum Gasteiger partial charge on any atom is -0.382 e. The molecule has 116 valence electrons. The summed E-state index contributed by atoms with van der Waals surface area (Å²) in [6.45, 7) is 8.23. The topological polar surface area (TPSA) is 44.4 Å². The zero-order valence-corrected chi connectivity index (χ0v) is 13.7. The number of nitrogens with one attached hydrogen (secondary N) is 2. The summed E-state index contributed by atoms with van der Waals surface area (Å²) < 4.78 is 0. The van der Waals surface area contributed by atoms with Crippen molar-refractivity contribution < 1.29 is 4.79 Å². The van der Waals surface area contributed by atoms with E-state index in [1.165, 1.54) is 6.92 Å². The van der Waals surface area contributed by atoms with Gasteiger partial charge in [-0.25, -0.2) is 0 Å². The maximum atomic E-state index is 11.1. The fraction of sp³-hybridized carbons (Fsp3) is 0.562. The largest absolute Gasteiger partial charge is 0.382 e. The van der Waals surface area contributed by atoms with Crippen molar-refractivity contribution in [1.82, 2.24) is 4.90 Å². The lowest BCUT2D eigenvalue weighted by Gasteiger charge is -2.35. The van der Waals surface area contributed by atoms with E-state index in [0.717, 1.165) is 31.6 Å². The molecule has 2 rings (SSSR count). The molecule has 1 saturated heterocycles. The first-order valence-electron chi connectivity index (χ1n) is 7.53. The molecule has 0 bridgehead atoms. The second kappa shape index (κ2) is 7.14. The summed E-state index contributed by atoms with van der Waals surface area (Å²) in [6, 6.07) is 6.79. The van der Waals surface area contributed by atoms with Crippen LogP contribution in [0.1, 0.15) is 33.6 Å². The first-order chi connectivity index (χ1) is 9.95. The molecule has 1 aliphatic heterocycles. The summed E-state index contributed by atoms with van der Waals surface area (Å²) >= 11 is 6.19. The lowest BCUT2D eigenvalue weighted by atomic mass is 10.0. The van der Waals surface area contributed by atoms with E-state index in [9.17, 15) is 4.79 Å². The minimum atomic E-state index is -0.112. The van der Waals surface area contributed by atoms with Crippen LogP contribution in [0.4, 0.5) is 11.4 Å². The SMILES string of the molecule is CC(=O)Nc1ccc(NC2CCN(C(C)C)CC2)cc1Cl. The maximum Gasteiger partial charge on any atom is 0.221 e. The van der Waals surface area contributed by atoms with Gasteiger partial charge in [-0.1, -0.05) is 11.6 Å². The van der Waals surface area contributed by atoms with E-state index in [4.69, 9.17) is 11.6 Å². The molecular weight excluding hydrogens is 286 g/mol. The van der Waals surface area contributed by atoms with Crippen molar-refractivity contribution in [1.29, 1.82) is 0 Å². The Morgan fingerprint density at radius 1 is 1.33 bits per heavy atom. The van der Waals surface area contributed by atoms with Crippen LogP contribution in [-0.2, 0) is 4.79 Å². The van der Waals surface area contributed by atoms with Crippen LogP contribution in [0.5, 0.6) is 0 Å². The van der Waals surface area contributed by atoms with Crippen molar-refractivity contribution in [3.8, 4) is 0 Å². The molecular formula is C16H24ClN3O. The maximum absolute atomic E-state index is 11.1. The first-order valence-corrected chi connectivity index (χ1v) is 7.91. The number of anilines is 2. The quantitative estimate of drug-likeness (QED) is 0.893. The van der Waals surface area contributed by atoms with Gasteiger partial charge >= 0.3 is 0 Å². The molecule has 5 heteroatoms. The van der Waals surface area contributed by atoms with Gasteiger partial charge in [0.15, 0.2) is 0 Å². The highest BCUT2D eigenvalue weighted by atomic mass is 35.5. The number of amides is 1. The summed E-state index contributed by atoms with van der Waals surface area (Å²) in [5.41, 5.74) is 1.67. The van der Waals surface area contributed by atoms with Crippen molar-refractivity contribution in [3.63, 3.8) is 0 Å². The number of hydrogen-bond donors (Lipinski definition) is 2. The first kappa shape index (κ1) is 16.1. The van der Waals surface area contributed by atoms with E-state index >= 15 is 0 Å². The zero-order valence-electron chi connectivity index (χ0n) is 12.9. The van der Waals surface area contributed by atoms with Crippen LogP contribution in [0, 0.1) is 0 Å². The van der Waals surface area contributed by atoms with Crippen LogP contribution in [0.3, 0.4) is 0 Å². The number of benzene rings is 1. The van der Waals surface area contributed by atoms with Crippen molar-refractivity contribution in [3.05, 3.63) is 23.2 Å². The Labute approximate surface area is 131 Å². The smallest absolute Gasteiger partial charge is 0.221 e. The molecule has 0 unspecified atom stereocenters. The second-order valence-electron chi connectivity index (χ2n) is 5.92. The molecule has 2 N–H and O–H groups in total. The number of nitrogens with zero attached hydrogens (tertiary/aromatic N) is 1. The lowest BCUT2D eigenvalue weighted by molar-refractivity contribution is -0.114. The number of likely N-dealkylation sites (tertiary alicyclic amines) is 1. The number of hydrogen-bond acceptors (Lipinski definition) is 3. The third kappa shape index (κ3) is 4.61. The molecule has 0 saturated carbocycles. The van der Waals surface area contributed by atoms with Crippen LogP contribution in [0.2, 0.25) is 5.02 Å².